The van der Waals surface area contributed by atoms with Gasteiger partial charge in [0, 0.05) is 18.0 Å². The number of ether oxygens (including phenoxy) is 1. The minimum atomic E-state index is 0.346. The Morgan fingerprint density at radius 1 is 0.880 bits per heavy atom. The number of nitrogens with one attached hydrogen (secondary N) is 1. The van der Waals surface area contributed by atoms with Crippen LogP contribution in [-0.4, -0.2) is 9.97 Å². The standard InChI is InChI=1S/C19H13N5O/c20-11-14-1-3-16(4-2-14)13-25-18-9-10-22-19(24-18)23-17-7-5-15(12-21)6-8-17/h1-10H,13H2,(H,22,23,24). The van der Waals surface area contributed by atoms with E-state index in [1.165, 1.54) is 0 Å². The molecule has 1 N–H and O–H groups in total. The average molecular weight is 327 g/mol. The molecule has 0 amide bonds. The lowest BCUT2D eigenvalue weighted by atomic mass is 10.2. The van der Waals surface area contributed by atoms with Gasteiger partial charge < -0.3 is 10.1 Å². The molecule has 120 valence electrons. The van der Waals surface area contributed by atoms with Gasteiger partial charge in [0.15, 0.2) is 0 Å². The smallest absolute Gasteiger partial charge is 0.230 e. The summed E-state index contributed by atoms with van der Waals surface area (Å²) in [6, 6.07) is 20.0. The molecule has 0 saturated heterocycles. The van der Waals surface area contributed by atoms with Gasteiger partial charge >= 0.3 is 0 Å². The maximum absolute atomic E-state index is 8.81. The van der Waals surface area contributed by atoms with Crippen LogP contribution in [-0.2, 0) is 6.61 Å². The van der Waals surface area contributed by atoms with Gasteiger partial charge in [-0.2, -0.15) is 15.5 Å². The van der Waals surface area contributed by atoms with Crippen molar-refractivity contribution in [1.82, 2.24) is 9.97 Å². The van der Waals surface area contributed by atoms with E-state index in [9.17, 15) is 0 Å². The number of benzene rings is 2. The average Bonchev–Trinajstić information content (AvgIpc) is 2.68. The first-order valence-corrected chi connectivity index (χ1v) is 7.49. The van der Waals surface area contributed by atoms with Crippen LogP contribution in [0, 0.1) is 22.7 Å². The van der Waals surface area contributed by atoms with Crippen molar-refractivity contribution < 1.29 is 4.74 Å². The summed E-state index contributed by atoms with van der Waals surface area (Å²) < 4.78 is 5.66. The molecule has 3 rings (SSSR count). The Morgan fingerprint density at radius 3 is 2.16 bits per heavy atom. The summed E-state index contributed by atoms with van der Waals surface area (Å²) in [5.74, 6) is 0.845. The second-order valence-electron chi connectivity index (χ2n) is 5.13. The van der Waals surface area contributed by atoms with E-state index in [4.69, 9.17) is 15.3 Å². The lowest BCUT2D eigenvalue weighted by molar-refractivity contribution is 0.294. The molecule has 1 aromatic heterocycles. The van der Waals surface area contributed by atoms with Crippen LogP contribution in [0.3, 0.4) is 0 Å². The van der Waals surface area contributed by atoms with Crippen LogP contribution in [0.4, 0.5) is 11.6 Å². The molecule has 0 bridgehead atoms. The molecule has 2 aromatic carbocycles. The van der Waals surface area contributed by atoms with Crippen molar-refractivity contribution in [2.24, 2.45) is 0 Å². The van der Waals surface area contributed by atoms with Gasteiger partial charge in [-0.3, -0.25) is 0 Å². The van der Waals surface area contributed by atoms with Crippen LogP contribution in [0.15, 0.2) is 60.8 Å². The highest BCUT2D eigenvalue weighted by atomic mass is 16.5. The zero-order valence-corrected chi connectivity index (χ0v) is 13.2. The van der Waals surface area contributed by atoms with Crippen molar-refractivity contribution in [2.45, 2.75) is 6.61 Å². The number of aromatic nitrogens is 2. The van der Waals surface area contributed by atoms with E-state index < -0.39 is 0 Å². The Hall–Kier alpha value is -3.90. The summed E-state index contributed by atoms with van der Waals surface area (Å²) in [6.07, 6.45) is 1.60. The molecule has 25 heavy (non-hydrogen) atoms. The third-order valence-electron chi connectivity index (χ3n) is 3.37. The maximum Gasteiger partial charge on any atom is 0.230 e. The quantitative estimate of drug-likeness (QED) is 0.770. The van der Waals surface area contributed by atoms with Gasteiger partial charge in [-0.25, -0.2) is 4.98 Å². The molecule has 0 spiro atoms. The molecule has 0 fully saturated rings. The van der Waals surface area contributed by atoms with Crippen LogP contribution in [0.1, 0.15) is 16.7 Å². The van der Waals surface area contributed by atoms with E-state index in [2.05, 4.69) is 27.4 Å². The van der Waals surface area contributed by atoms with Crippen molar-refractivity contribution in [1.29, 1.82) is 10.5 Å². The second-order valence-corrected chi connectivity index (χ2v) is 5.13. The number of nitriles is 2. The third kappa shape index (κ3) is 4.31. The Kier molecular flexibility index (Phi) is 4.84. The number of rotatable bonds is 5. The Morgan fingerprint density at radius 2 is 1.52 bits per heavy atom. The van der Waals surface area contributed by atoms with Gasteiger partial charge in [-0.1, -0.05) is 12.1 Å². The predicted molar refractivity (Wildman–Crippen MR) is 92.0 cm³/mol. The topological polar surface area (TPSA) is 94.6 Å². The molecule has 6 nitrogen and oxygen atoms in total. The lowest BCUT2D eigenvalue weighted by Gasteiger charge is -2.08. The van der Waals surface area contributed by atoms with E-state index in [1.807, 2.05) is 12.1 Å². The molecule has 0 saturated carbocycles. The molecule has 0 radical (unpaired) electrons. The Balaban J connectivity index is 1.64. The molecular weight excluding hydrogens is 314 g/mol. The van der Waals surface area contributed by atoms with E-state index in [0.717, 1.165) is 11.3 Å². The van der Waals surface area contributed by atoms with Crippen molar-refractivity contribution in [3.8, 4) is 18.0 Å². The minimum Gasteiger partial charge on any atom is -0.473 e. The highest BCUT2D eigenvalue weighted by Crippen LogP contribution is 2.16. The van der Waals surface area contributed by atoms with Gasteiger partial charge in [0.25, 0.3) is 0 Å². The molecule has 6 heteroatoms. The predicted octanol–water partition coefficient (Wildman–Crippen LogP) is 3.54. The van der Waals surface area contributed by atoms with E-state index in [-0.39, 0.29) is 0 Å². The van der Waals surface area contributed by atoms with Gasteiger partial charge in [0.2, 0.25) is 11.8 Å². The molecule has 0 unspecified atom stereocenters. The highest BCUT2D eigenvalue weighted by molar-refractivity contribution is 5.54. The molecular formula is C19H13N5O. The van der Waals surface area contributed by atoms with E-state index in [0.29, 0.717) is 29.6 Å². The molecule has 1 heterocycles. The number of nitrogens with zero attached hydrogens (tertiary/aromatic N) is 4. The van der Waals surface area contributed by atoms with Crippen LogP contribution >= 0.6 is 0 Å². The lowest BCUT2D eigenvalue weighted by Crippen LogP contribution is -2.01. The zero-order chi connectivity index (χ0) is 17.5. The van der Waals surface area contributed by atoms with Crippen molar-refractivity contribution in [2.75, 3.05) is 5.32 Å². The normalized spacial score (nSPS) is 9.68. The second kappa shape index (κ2) is 7.58. The largest absolute Gasteiger partial charge is 0.473 e. The molecule has 0 atom stereocenters. The summed E-state index contributed by atoms with van der Waals surface area (Å²) in [5.41, 5.74) is 2.92. The van der Waals surface area contributed by atoms with Crippen molar-refractivity contribution in [3.05, 3.63) is 77.5 Å². The fourth-order valence-electron chi connectivity index (χ4n) is 2.07. The summed E-state index contributed by atoms with van der Waals surface area (Å²) in [6.45, 7) is 0.346. The summed E-state index contributed by atoms with van der Waals surface area (Å²) in [7, 11) is 0. The van der Waals surface area contributed by atoms with Gasteiger partial charge in [0.05, 0.1) is 23.3 Å². The van der Waals surface area contributed by atoms with Gasteiger partial charge in [-0.15, -0.1) is 0 Å². The number of hydrogen-bond acceptors (Lipinski definition) is 6. The molecule has 0 aliphatic carbocycles. The Bertz CT molecular complexity index is 937. The van der Waals surface area contributed by atoms with Crippen molar-refractivity contribution >= 4 is 11.6 Å². The molecule has 0 aliphatic heterocycles. The fourth-order valence-corrected chi connectivity index (χ4v) is 2.07. The third-order valence-corrected chi connectivity index (χ3v) is 3.37. The summed E-state index contributed by atoms with van der Waals surface area (Å²) in [5, 5.41) is 20.7. The Labute approximate surface area is 145 Å². The van der Waals surface area contributed by atoms with Crippen LogP contribution in [0.5, 0.6) is 5.88 Å². The van der Waals surface area contributed by atoms with Crippen molar-refractivity contribution in [3.63, 3.8) is 0 Å². The van der Waals surface area contributed by atoms with E-state index >= 15 is 0 Å². The van der Waals surface area contributed by atoms with Crippen LogP contribution in [0.2, 0.25) is 0 Å². The highest BCUT2D eigenvalue weighted by Gasteiger charge is 2.02. The van der Waals surface area contributed by atoms with Gasteiger partial charge in [-0.05, 0) is 42.0 Å². The van der Waals surface area contributed by atoms with Crippen LogP contribution < -0.4 is 10.1 Å². The first-order valence-electron chi connectivity index (χ1n) is 7.49. The minimum absolute atomic E-state index is 0.346. The summed E-state index contributed by atoms with van der Waals surface area (Å²) >= 11 is 0. The van der Waals surface area contributed by atoms with E-state index in [1.54, 1.807) is 48.7 Å². The zero-order valence-electron chi connectivity index (χ0n) is 13.2. The first kappa shape index (κ1) is 16.0. The first-order chi connectivity index (χ1) is 12.3. The molecule has 3 aromatic rings. The monoisotopic (exact) mass is 327 g/mol. The number of hydrogen-bond donors (Lipinski definition) is 1. The number of anilines is 2. The molecule has 0 aliphatic rings. The SMILES string of the molecule is N#Cc1ccc(COc2ccnc(Nc3ccc(C#N)cc3)n2)cc1. The fraction of sp³-hybridized carbons (Fsp3) is 0.0526. The maximum atomic E-state index is 8.81. The summed E-state index contributed by atoms with van der Waals surface area (Å²) in [4.78, 5) is 8.45. The van der Waals surface area contributed by atoms with Gasteiger partial charge in [0.1, 0.15) is 6.61 Å². The van der Waals surface area contributed by atoms with Crippen LogP contribution in [0.25, 0.3) is 0 Å².